The molecule has 1 aromatic carbocycles. The third-order valence-electron chi connectivity index (χ3n) is 1.63. The normalized spacial score (nSPS) is 10.2. The first kappa shape index (κ1) is 8.96. The van der Waals surface area contributed by atoms with Gasteiger partial charge < -0.3 is 5.11 Å². The molecule has 0 aromatic heterocycles. The largest absolute Gasteiger partial charge is 0.505 e. The summed E-state index contributed by atoms with van der Waals surface area (Å²) in [6, 6.07) is 3.13. The van der Waals surface area contributed by atoms with Crippen molar-refractivity contribution >= 4 is 0 Å². The Bertz CT molecular complexity index is 289. The number of phenolic OH excluding ortho intramolecular Hbond substituents is 1. The summed E-state index contributed by atoms with van der Waals surface area (Å²) < 4.78 is 13.0. The van der Waals surface area contributed by atoms with Crippen LogP contribution in [0.4, 0.5) is 4.39 Å². The van der Waals surface area contributed by atoms with Crippen LogP contribution in [0.25, 0.3) is 0 Å². The number of rotatable bonds is 2. The maximum atomic E-state index is 13.0. The summed E-state index contributed by atoms with van der Waals surface area (Å²) in [6.45, 7) is 1.57. The highest BCUT2D eigenvalue weighted by Crippen LogP contribution is 2.23. The van der Waals surface area contributed by atoms with E-state index >= 15 is 0 Å². The molecule has 3 N–H and O–H groups in total. The van der Waals surface area contributed by atoms with Crippen LogP contribution in [0.15, 0.2) is 12.1 Å². The van der Waals surface area contributed by atoms with Gasteiger partial charge in [-0.2, -0.15) is 0 Å². The zero-order valence-corrected chi connectivity index (χ0v) is 6.67. The summed E-state index contributed by atoms with van der Waals surface area (Å²) in [7, 11) is 0. The molecule has 0 saturated carbocycles. The van der Waals surface area contributed by atoms with Crippen LogP contribution in [-0.2, 0) is 11.4 Å². The fourth-order valence-electron chi connectivity index (χ4n) is 0.912. The van der Waals surface area contributed by atoms with E-state index in [1.165, 1.54) is 0 Å². The predicted molar refractivity (Wildman–Crippen MR) is 41.8 cm³/mol. The van der Waals surface area contributed by atoms with Crippen molar-refractivity contribution in [3.8, 4) is 5.75 Å². The molecular formula is C8H10FNO2. The first-order chi connectivity index (χ1) is 5.66. The van der Waals surface area contributed by atoms with E-state index in [9.17, 15) is 9.50 Å². The molecule has 0 aliphatic heterocycles. The Hall–Kier alpha value is -1.13. The van der Waals surface area contributed by atoms with Gasteiger partial charge in [0.25, 0.3) is 0 Å². The van der Waals surface area contributed by atoms with E-state index in [0.29, 0.717) is 11.1 Å². The molecule has 12 heavy (non-hydrogen) atoms. The van der Waals surface area contributed by atoms with Crippen molar-refractivity contribution < 1.29 is 14.3 Å². The molecule has 0 fully saturated rings. The van der Waals surface area contributed by atoms with Gasteiger partial charge in [-0.3, -0.25) is 4.84 Å². The van der Waals surface area contributed by atoms with Gasteiger partial charge in [-0.15, -0.1) is 0 Å². The van der Waals surface area contributed by atoms with Crippen molar-refractivity contribution in [2.24, 2.45) is 5.90 Å². The second-order valence-corrected chi connectivity index (χ2v) is 2.52. The lowest BCUT2D eigenvalue weighted by molar-refractivity contribution is 0.121. The van der Waals surface area contributed by atoms with E-state index in [4.69, 9.17) is 5.90 Å². The Morgan fingerprint density at radius 1 is 1.58 bits per heavy atom. The molecule has 0 bridgehead atoms. The Morgan fingerprint density at radius 3 is 2.83 bits per heavy atom. The van der Waals surface area contributed by atoms with Crippen molar-refractivity contribution in [1.29, 1.82) is 0 Å². The minimum Gasteiger partial charge on any atom is -0.505 e. The third kappa shape index (κ3) is 1.54. The highest BCUT2D eigenvalue weighted by Gasteiger charge is 2.08. The minimum absolute atomic E-state index is 0.00301. The molecular weight excluding hydrogens is 161 g/mol. The van der Waals surface area contributed by atoms with Gasteiger partial charge in [-0.05, 0) is 12.5 Å². The molecule has 0 radical (unpaired) electrons. The van der Waals surface area contributed by atoms with Gasteiger partial charge in [0.1, 0.15) is 0 Å². The topological polar surface area (TPSA) is 55.5 Å². The molecule has 0 amide bonds. The van der Waals surface area contributed by atoms with E-state index in [1.54, 1.807) is 19.1 Å². The molecule has 0 spiro atoms. The standard InChI is InChI=1S/C8H10FNO2/c1-5-2-3-6(4-12-10)8(11)7(5)9/h2-3,11H,4,10H2,1H3. The average molecular weight is 171 g/mol. The van der Waals surface area contributed by atoms with Crippen molar-refractivity contribution in [1.82, 2.24) is 0 Å². The summed E-state index contributed by atoms with van der Waals surface area (Å²) >= 11 is 0. The van der Waals surface area contributed by atoms with Crippen LogP contribution in [0, 0.1) is 12.7 Å². The zero-order valence-electron chi connectivity index (χ0n) is 6.67. The Balaban J connectivity index is 3.08. The van der Waals surface area contributed by atoms with Crippen molar-refractivity contribution in [2.75, 3.05) is 0 Å². The summed E-state index contributed by atoms with van der Waals surface area (Å²) in [4.78, 5) is 4.28. The van der Waals surface area contributed by atoms with Crippen LogP contribution < -0.4 is 5.90 Å². The quantitative estimate of drug-likeness (QED) is 0.658. The minimum atomic E-state index is -0.621. The van der Waals surface area contributed by atoms with Crippen molar-refractivity contribution in [3.63, 3.8) is 0 Å². The molecule has 1 aromatic rings. The van der Waals surface area contributed by atoms with Crippen LogP contribution in [0.3, 0.4) is 0 Å². The van der Waals surface area contributed by atoms with Crippen LogP contribution in [0.5, 0.6) is 5.75 Å². The molecule has 0 aliphatic carbocycles. The lowest BCUT2D eigenvalue weighted by Crippen LogP contribution is -2.00. The Labute approximate surface area is 69.5 Å². The number of hydrogen-bond donors (Lipinski definition) is 2. The predicted octanol–water partition coefficient (Wildman–Crippen LogP) is 1.23. The summed E-state index contributed by atoms with van der Waals surface area (Å²) in [5, 5.41) is 9.20. The second-order valence-electron chi connectivity index (χ2n) is 2.52. The van der Waals surface area contributed by atoms with E-state index in [1.807, 2.05) is 0 Å². The molecule has 66 valence electrons. The maximum Gasteiger partial charge on any atom is 0.168 e. The van der Waals surface area contributed by atoms with E-state index in [-0.39, 0.29) is 12.4 Å². The molecule has 0 atom stereocenters. The van der Waals surface area contributed by atoms with Gasteiger partial charge in [0.2, 0.25) is 0 Å². The molecule has 1 rings (SSSR count). The monoisotopic (exact) mass is 171 g/mol. The first-order valence-corrected chi connectivity index (χ1v) is 3.45. The molecule has 0 aliphatic rings. The fourth-order valence-corrected chi connectivity index (χ4v) is 0.912. The van der Waals surface area contributed by atoms with Gasteiger partial charge in [-0.1, -0.05) is 12.1 Å². The molecule has 0 unspecified atom stereocenters. The summed E-state index contributed by atoms with van der Waals surface area (Å²) in [6.07, 6.45) is 0. The Kier molecular flexibility index (Phi) is 2.62. The Morgan fingerprint density at radius 2 is 2.25 bits per heavy atom. The molecule has 4 heteroatoms. The highest BCUT2D eigenvalue weighted by atomic mass is 19.1. The van der Waals surface area contributed by atoms with Crippen LogP contribution in [-0.4, -0.2) is 5.11 Å². The molecule has 3 nitrogen and oxygen atoms in total. The average Bonchev–Trinajstić information content (AvgIpc) is 2.07. The lowest BCUT2D eigenvalue weighted by Gasteiger charge is -2.05. The van der Waals surface area contributed by atoms with Gasteiger partial charge in [0.05, 0.1) is 6.61 Å². The number of benzene rings is 1. The van der Waals surface area contributed by atoms with E-state index in [0.717, 1.165) is 0 Å². The number of aryl methyl sites for hydroxylation is 1. The number of phenols is 1. The van der Waals surface area contributed by atoms with Crippen molar-refractivity contribution in [3.05, 3.63) is 29.1 Å². The number of aromatic hydroxyl groups is 1. The van der Waals surface area contributed by atoms with Crippen LogP contribution in [0.2, 0.25) is 0 Å². The number of nitrogens with two attached hydrogens (primary N) is 1. The third-order valence-corrected chi connectivity index (χ3v) is 1.63. The highest BCUT2D eigenvalue weighted by molar-refractivity contribution is 5.37. The maximum absolute atomic E-state index is 13.0. The van der Waals surface area contributed by atoms with Crippen LogP contribution in [0.1, 0.15) is 11.1 Å². The smallest absolute Gasteiger partial charge is 0.168 e. The summed E-state index contributed by atoms with van der Waals surface area (Å²) in [5.74, 6) is 3.77. The lowest BCUT2D eigenvalue weighted by atomic mass is 10.1. The SMILES string of the molecule is Cc1ccc(CON)c(O)c1F. The number of hydrogen-bond acceptors (Lipinski definition) is 3. The molecule has 0 heterocycles. The van der Waals surface area contributed by atoms with Crippen molar-refractivity contribution in [2.45, 2.75) is 13.5 Å². The summed E-state index contributed by atoms with van der Waals surface area (Å²) in [5.41, 5.74) is 0.744. The van der Waals surface area contributed by atoms with Gasteiger partial charge in [-0.25, -0.2) is 10.3 Å². The van der Waals surface area contributed by atoms with Gasteiger partial charge in [0.15, 0.2) is 11.6 Å². The van der Waals surface area contributed by atoms with Crippen LogP contribution >= 0.6 is 0 Å². The zero-order chi connectivity index (χ0) is 9.14. The first-order valence-electron chi connectivity index (χ1n) is 3.45. The van der Waals surface area contributed by atoms with E-state index < -0.39 is 5.82 Å². The van der Waals surface area contributed by atoms with Gasteiger partial charge in [0, 0.05) is 5.56 Å². The number of halogens is 1. The molecule has 0 saturated heterocycles. The van der Waals surface area contributed by atoms with E-state index in [2.05, 4.69) is 4.84 Å². The fraction of sp³-hybridized carbons (Fsp3) is 0.250. The van der Waals surface area contributed by atoms with Gasteiger partial charge >= 0.3 is 0 Å². The second kappa shape index (κ2) is 3.51.